The summed E-state index contributed by atoms with van der Waals surface area (Å²) >= 11 is 6.43. The van der Waals surface area contributed by atoms with Gasteiger partial charge in [-0.3, -0.25) is 9.36 Å². The molecule has 0 saturated heterocycles. The molecule has 3 heterocycles. The van der Waals surface area contributed by atoms with Gasteiger partial charge < -0.3 is 25.2 Å². The number of imidazole rings is 1. The van der Waals surface area contributed by atoms with Crippen molar-refractivity contribution in [1.29, 1.82) is 0 Å². The van der Waals surface area contributed by atoms with Crippen molar-refractivity contribution < 1.29 is 9.53 Å². The van der Waals surface area contributed by atoms with E-state index < -0.39 is 0 Å². The van der Waals surface area contributed by atoms with Gasteiger partial charge in [0, 0.05) is 50.0 Å². The van der Waals surface area contributed by atoms with E-state index in [1.54, 1.807) is 40.6 Å². The van der Waals surface area contributed by atoms with Gasteiger partial charge in [-0.25, -0.2) is 14.3 Å². The number of aryl methyl sites for hydroxylation is 2. The number of halogens is 1. The third-order valence-corrected chi connectivity index (χ3v) is 7.28. The van der Waals surface area contributed by atoms with Crippen LogP contribution in [-0.4, -0.2) is 71.3 Å². The van der Waals surface area contributed by atoms with E-state index in [9.17, 15) is 9.59 Å². The maximum Gasteiger partial charge on any atom is 0.334 e. The molecule has 0 bridgehead atoms. The van der Waals surface area contributed by atoms with Crippen molar-refractivity contribution >= 4 is 51.6 Å². The summed E-state index contributed by atoms with van der Waals surface area (Å²) in [7, 11) is 7.52. The number of ether oxygens (including phenoxy) is 1. The SMILES string of the molecule is C=CC(=O)Nc1cc(Nc2nccc(-n3c(=O)n4c5c(cc(Cl)cc53)CCC4)n2)c(OC)cc1N(C)CCN(C)C. The molecule has 1 aliphatic heterocycles. The molecule has 4 aromatic rings. The second-order valence-corrected chi connectivity index (χ2v) is 10.6. The summed E-state index contributed by atoms with van der Waals surface area (Å²) < 4.78 is 9.05. The highest BCUT2D eigenvalue weighted by atomic mass is 35.5. The number of nitrogens with zero attached hydrogens (tertiary/aromatic N) is 6. The molecule has 1 aliphatic rings. The minimum atomic E-state index is -0.340. The predicted molar refractivity (Wildman–Crippen MR) is 163 cm³/mol. The van der Waals surface area contributed by atoms with E-state index in [1.807, 2.05) is 38.2 Å². The minimum absolute atomic E-state index is 0.176. The summed E-state index contributed by atoms with van der Waals surface area (Å²) in [6.45, 7) is 5.75. The molecule has 2 aromatic carbocycles. The highest BCUT2D eigenvalue weighted by molar-refractivity contribution is 6.31. The lowest BCUT2D eigenvalue weighted by Gasteiger charge is -2.26. The molecule has 1 amide bonds. The first-order valence-electron chi connectivity index (χ1n) is 13.3. The van der Waals surface area contributed by atoms with Gasteiger partial charge in [-0.15, -0.1) is 0 Å². The van der Waals surface area contributed by atoms with E-state index in [-0.39, 0.29) is 17.5 Å². The van der Waals surface area contributed by atoms with Crippen molar-refractivity contribution in [2.45, 2.75) is 19.4 Å². The zero-order valence-electron chi connectivity index (χ0n) is 23.6. The fourth-order valence-corrected chi connectivity index (χ4v) is 5.28. The number of hydrogen-bond acceptors (Lipinski definition) is 8. The number of benzene rings is 2. The van der Waals surface area contributed by atoms with E-state index in [4.69, 9.17) is 16.3 Å². The lowest BCUT2D eigenvalue weighted by Crippen LogP contribution is -2.29. The Balaban J connectivity index is 1.55. The van der Waals surface area contributed by atoms with E-state index in [0.717, 1.165) is 42.7 Å². The Morgan fingerprint density at radius 3 is 2.73 bits per heavy atom. The van der Waals surface area contributed by atoms with Crippen LogP contribution in [0.15, 0.2) is 54.0 Å². The van der Waals surface area contributed by atoms with E-state index in [0.29, 0.717) is 40.0 Å². The number of nitrogens with one attached hydrogen (secondary N) is 2. The minimum Gasteiger partial charge on any atom is -0.494 e. The Morgan fingerprint density at radius 2 is 2.00 bits per heavy atom. The lowest BCUT2D eigenvalue weighted by atomic mass is 10.0. The molecule has 0 spiro atoms. The number of hydrogen-bond donors (Lipinski definition) is 2. The van der Waals surface area contributed by atoms with Crippen molar-refractivity contribution in [1.82, 2.24) is 24.0 Å². The van der Waals surface area contributed by atoms with Crippen LogP contribution in [0, 0.1) is 0 Å². The van der Waals surface area contributed by atoms with Gasteiger partial charge in [0.05, 0.1) is 35.2 Å². The highest BCUT2D eigenvalue weighted by Gasteiger charge is 2.23. The van der Waals surface area contributed by atoms with Gasteiger partial charge in [0.25, 0.3) is 0 Å². The fourth-order valence-electron chi connectivity index (χ4n) is 5.05. The largest absolute Gasteiger partial charge is 0.494 e. The molecule has 0 aliphatic carbocycles. The molecule has 5 rings (SSSR count). The van der Waals surface area contributed by atoms with Crippen molar-refractivity contribution in [3.63, 3.8) is 0 Å². The van der Waals surface area contributed by atoms with E-state index in [2.05, 4.69) is 32.1 Å². The van der Waals surface area contributed by atoms with Crippen LogP contribution in [0.2, 0.25) is 5.02 Å². The van der Waals surface area contributed by atoms with Crippen molar-refractivity contribution in [3.8, 4) is 11.6 Å². The molecule has 214 valence electrons. The smallest absolute Gasteiger partial charge is 0.334 e. The number of rotatable bonds is 10. The van der Waals surface area contributed by atoms with Crippen LogP contribution < -0.4 is 26.0 Å². The van der Waals surface area contributed by atoms with Gasteiger partial charge in [0.2, 0.25) is 11.9 Å². The molecular formula is C29H33ClN8O3. The van der Waals surface area contributed by atoms with Gasteiger partial charge in [0.15, 0.2) is 0 Å². The van der Waals surface area contributed by atoms with Gasteiger partial charge in [-0.2, -0.15) is 4.98 Å². The molecule has 12 heteroatoms. The Hall–Kier alpha value is -4.35. The normalized spacial score (nSPS) is 12.4. The summed E-state index contributed by atoms with van der Waals surface area (Å²) in [6, 6.07) is 9.02. The van der Waals surface area contributed by atoms with E-state index >= 15 is 0 Å². The van der Waals surface area contributed by atoms with E-state index in [1.165, 1.54) is 6.08 Å². The Morgan fingerprint density at radius 1 is 1.20 bits per heavy atom. The fraction of sp³-hybridized carbons (Fsp3) is 0.310. The standard InChI is InChI=1S/C29H33ClN8O3/c1-6-26(39)32-20-16-21(24(41-5)17-22(20)36(4)13-12-35(2)3)33-28-31-10-9-25(34-28)38-23-15-19(30)14-18-8-7-11-37(27(18)23)29(38)40/h6,9-10,14-17H,1,7-8,11-13H2,2-5H3,(H,32,39)(H,31,33,34). The molecule has 41 heavy (non-hydrogen) atoms. The van der Waals surface area contributed by atoms with Crippen LogP contribution in [0.5, 0.6) is 5.75 Å². The van der Waals surface area contributed by atoms with Crippen molar-refractivity contribution in [3.05, 3.63) is 70.3 Å². The molecule has 0 saturated carbocycles. The first-order chi connectivity index (χ1) is 19.7. The number of methoxy groups -OCH3 is 1. The Labute approximate surface area is 243 Å². The van der Waals surface area contributed by atoms with Crippen LogP contribution in [0.4, 0.5) is 23.0 Å². The third-order valence-electron chi connectivity index (χ3n) is 7.07. The van der Waals surface area contributed by atoms with Crippen LogP contribution in [-0.2, 0) is 17.8 Å². The number of carbonyl (C=O) groups is 1. The molecular weight excluding hydrogens is 544 g/mol. The van der Waals surface area contributed by atoms with Gasteiger partial charge >= 0.3 is 5.69 Å². The summed E-state index contributed by atoms with van der Waals surface area (Å²) in [6.07, 6.45) is 4.54. The number of amides is 1. The van der Waals surface area contributed by atoms with Crippen LogP contribution in [0.25, 0.3) is 16.9 Å². The van der Waals surface area contributed by atoms with Crippen molar-refractivity contribution in [2.75, 3.05) is 56.9 Å². The Bertz CT molecular complexity index is 1690. The molecule has 2 aromatic heterocycles. The summed E-state index contributed by atoms with van der Waals surface area (Å²) in [5.41, 5.74) is 4.34. The third kappa shape index (κ3) is 5.63. The van der Waals surface area contributed by atoms with Gasteiger partial charge in [0.1, 0.15) is 11.6 Å². The van der Waals surface area contributed by atoms with Crippen LogP contribution in [0.3, 0.4) is 0 Å². The van der Waals surface area contributed by atoms with Crippen LogP contribution >= 0.6 is 11.6 Å². The topological polar surface area (TPSA) is 110 Å². The van der Waals surface area contributed by atoms with Gasteiger partial charge in [-0.1, -0.05) is 18.2 Å². The predicted octanol–water partition coefficient (Wildman–Crippen LogP) is 4.06. The number of aromatic nitrogens is 4. The zero-order valence-corrected chi connectivity index (χ0v) is 24.3. The molecule has 0 fully saturated rings. The zero-order chi connectivity index (χ0) is 29.3. The van der Waals surface area contributed by atoms with Gasteiger partial charge in [-0.05, 0) is 56.8 Å². The molecule has 2 N–H and O–H groups in total. The molecule has 0 unspecified atom stereocenters. The summed E-state index contributed by atoms with van der Waals surface area (Å²) in [4.78, 5) is 39.0. The lowest BCUT2D eigenvalue weighted by molar-refractivity contribution is -0.111. The monoisotopic (exact) mass is 576 g/mol. The average molecular weight is 577 g/mol. The first-order valence-corrected chi connectivity index (χ1v) is 13.6. The maximum absolute atomic E-state index is 13.5. The second-order valence-electron chi connectivity index (χ2n) is 10.2. The molecule has 11 nitrogen and oxygen atoms in total. The van der Waals surface area contributed by atoms with Crippen molar-refractivity contribution in [2.24, 2.45) is 0 Å². The first kappa shape index (κ1) is 28.2. The average Bonchev–Trinajstić information content (AvgIpc) is 3.23. The maximum atomic E-state index is 13.5. The summed E-state index contributed by atoms with van der Waals surface area (Å²) in [5, 5.41) is 6.66. The molecule has 0 radical (unpaired) electrons. The Kier molecular flexibility index (Phi) is 8.00. The highest BCUT2D eigenvalue weighted by Crippen LogP contribution is 2.38. The number of anilines is 4. The number of carbonyl (C=O) groups excluding carboxylic acids is 1. The molecule has 0 atom stereocenters. The quantitative estimate of drug-likeness (QED) is 0.272. The van der Waals surface area contributed by atoms with Crippen LogP contribution in [0.1, 0.15) is 12.0 Å². The number of likely N-dealkylation sites (N-methyl/N-ethyl adjacent to an activating group) is 2. The second kappa shape index (κ2) is 11.6. The summed E-state index contributed by atoms with van der Waals surface area (Å²) in [5.74, 6) is 0.845.